The summed E-state index contributed by atoms with van der Waals surface area (Å²) in [6, 6.07) is 19.2. The number of aromatic nitrogens is 1. The van der Waals surface area contributed by atoms with Gasteiger partial charge in [-0.1, -0.05) is 36.4 Å². The third-order valence-electron chi connectivity index (χ3n) is 4.45. The van der Waals surface area contributed by atoms with E-state index >= 15 is 0 Å². The van der Waals surface area contributed by atoms with Gasteiger partial charge >= 0.3 is 11.8 Å². The Morgan fingerprint density at radius 3 is 2.32 bits per heavy atom. The quantitative estimate of drug-likeness (QED) is 0.417. The Hall–Kier alpha value is -3.67. The molecular formula is C22H22N4O2. The predicted octanol–water partition coefficient (Wildman–Crippen LogP) is 3.49. The second kappa shape index (κ2) is 8.35. The maximum atomic E-state index is 12.0. The van der Waals surface area contributed by atoms with Crippen LogP contribution in [0.3, 0.4) is 0 Å². The van der Waals surface area contributed by atoms with Crippen LogP contribution in [0.1, 0.15) is 22.5 Å². The highest BCUT2D eigenvalue weighted by atomic mass is 16.2. The highest BCUT2D eigenvalue weighted by Crippen LogP contribution is 2.19. The molecule has 2 N–H and O–H groups in total. The number of hydrogen-bond donors (Lipinski definition) is 2. The van der Waals surface area contributed by atoms with Crippen LogP contribution in [-0.4, -0.2) is 22.6 Å². The minimum Gasteiger partial charge on any atom is -0.318 e. The van der Waals surface area contributed by atoms with E-state index in [9.17, 15) is 9.59 Å². The fourth-order valence-electron chi connectivity index (χ4n) is 3.00. The van der Waals surface area contributed by atoms with Crippen molar-refractivity contribution in [2.75, 3.05) is 5.32 Å². The van der Waals surface area contributed by atoms with Crippen LogP contribution in [0.4, 0.5) is 5.69 Å². The van der Waals surface area contributed by atoms with Crippen LogP contribution >= 0.6 is 0 Å². The summed E-state index contributed by atoms with van der Waals surface area (Å²) in [4.78, 5) is 24.0. The Kier molecular flexibility index (Phi) is 5.69. The number of hydrazone groups is 1. The number of hydrogen-bond acceptors (Lipinski definition) is 3. The lowest BCUT2D eigenvalue weighted by Gasteiger charge is -2.09. The fraction of sp³-hybridized carbons (Fsp3) is 0.136. The molecule has 6 nitrogen and oxygen atoms in total. The van der Waals surface area contributed by atoms with Crippen molar-refractivity contribution >= 4 is 23.7 Å². The molecule has 0 fully saturated rings. The lowest BCUT2D eigenvalue weighted by Crippen LogP contribution is -2.32. The van der Waals surface area contributed by atoms with Gasteiger partial charge in [0.2, 0.25) is 0 Å². The predicted molar refractivity (Wildman–Crippen MR) is 111 cm³/mol. The van der Waals surface area contributed by atoms with Gasteiger partial charge in [0.25, 0.3) is 0 Å². The first kappa shape index (κ1) is 19.1. The Morgan fingerprint density at radius 2 is 1.61 bits per heavy atom. The van der Waals surface area contributed by atoms with E-state index in [2.05, 4.69) is 20.4 Å². The molecule has 0 aliphatic carbocycles. The third-order valence-corrected chi connectivity index (χ3v) is 4.45. The van der Waals surface area contributed by atoms with Gasteiger partial charge in [-0.3, -0.25) is 9.59 Å². The molecule has 0 spiro atoms. The van der Waals surface area contributed by atoms with Crippen LogP contribution in [0.5, 0.6) is 0 Å². The van der Waals surface area contributed by atoms with Gasteiger partial charge in [-0.15, -0.1) is 0 Å². The molecule has 28 heavy (non-hydrogen) atoms. The molecule has 2 amide bonds. The second-order valence-electron chi connectivity index (χ2n) is 6.47. The number of amides is 2. The normalized spacial score (nSPS) is 10.8. The minimum atomic E-state index is -0.823. The molecule has 0 bridgehead atoms. The molecule has 0 aliphatic rings. The van der Waals surface area contributed by atoms with Crippen molar-refractivity contribution in [2.45, 2.75) is 20.8 Å². The summed E-state index contributed by atoms with van der Waals surface area (Å²) >= 11 is 0. The summed E-state index contributed by atoms with van der Waals surface area (Å²) in [5, 5.41) is 6.51. The molecule has 0 saturated carbocycles. The molecule has 0 saturated heterocycles. The monoisotopic (exact) mass is 374 g/mol. The van der Waals surface area contributed by atoms with Gasteiger partial charge in [0, 0.05) is 28.3 Å². The molecule has 3 aromatic rings. The summed E-state index contributed by atoms with van der Waals surface area (Å²) in [7, 11) is 0. The fourth-order valence-corrected chi connectivity index (χ4v) is 3.00. The minimum absolute atomic E-state index is 0.595. The number of nitrogens with one attached hydrogen (secondary N) is 2. The summed E-state index contributed by atoms with van der Waals surface area (Å²) in [6.07, 6.45) is 1.54. The molecular weight excluding hydrogens is 352 g/mol. The SMILES string of the molecule is Cc1ccccc1NC(=O)C(=O)N/N=C\c1cc(C)n(-c2ccccc2)c1C. The van der Waals surface area contributed by atoms with Crippen LogP contribution in [0.25, 0.3) is 5.69 Å². The molecule has 0 radical (unpaired) electrons. The van der Waals surface area contributed by atoms with Crippen molar-refractivity contribution in [3.8, 4) is 5.69 Å². The second-order valence-corrected chi connectivity index (χ2v) is 6.47. The average Bonchev–Trinajstić information content (AvgIpc) is 2.97. The number of benzene rings is 2. The molecule has 1 aromatic heterocycles. The first-order chi connectivity index (χ1) is 13.5. The van der Waals surface area contributed by atoms with Crippen LogP contribution < -0.4 is 10.7 Å². The summed E-state index contributed by atoms with van der Waals surface area (Å²) in [6.45, 7) is 5.84. The topological polar surface area (TPSA) is 75.5 Å². The van der Waals surface area contributed by atoms with Crippen LogP contribution in [0.2, 0.25) is 0 Å². The average molecular weight is 374 g/mol. The molecule has 142 valence electrons. The van der Waals surface area contributed by atoms with Crippen LogP contribution in [-0.2, 0) is 9.59 Å². The third kappa shape index (κ3) is 4.17. The first-order valence-corrected chi connectivity index (χ1v) is 8.91. The molecule has 3 rings (SSSR count). The number of carbonyl (C=O) groups is 2. The Morgan fingerprint density at radius 1 is 0.929 bits per heavy atom. The maximum absolute atomic E-state index is 12.0. The van der Waals surface area contributed by atoms with Crippen molar-refractivity contribution in [1.82, 2.24) is 9.99 Å². The van der Waals surface area contributed by atoms with Crippen molar-refractivity contribution in [2.24, 2.45) is 5.10 Å². The van der Waals surface area contributed by atoms with E-state index in [1.807, 2.05) is 69.3 Å². The first-order valence-electron chi connectivity index (χ1n) is 8.91. The van der Waals surface area contributed by atoms with Crippen molar-refractivity contribution in [3.63, 3.8) is 0 Å². The molecule has 2 aromatic carbocycles. The van der Waals surface area contributed by atoms with E-state index in [-0.39, 0.29) is 0 Å². The summed E-state index contributed by atoms with van der Waals surface area (Å²) in [5.41, 5.74) is 7.70. The largest absolute Gasteiger partial charge is 0.329 e. The highest BCUT2D eigenvalue weighted by molar-refractivity contribution is 6.39. The van der Waals surface area contributed by atoms with E-state index < -0.39 is 11.8 Å². The Bertz CT molecular complexity index is 1040. The van der Waals surface area contributed by atoms with E-state index in [1.54, 1.807) is 18.3 Å². The zero-order valence-electron chi connectivity index (χ0n) is 16.1. The van der Waals surface area contributed by atoms with E-state index in [0.29, 0.717) is 5.69 Å². The van der Waals surface area contributed by atoms with Crippen molar-refractivity contribution in [1.29, 1.82) is 0 Å². The molecule has 0 aliphatic heterocycles. The van der Waals surface area contributed by atoms with E-state index in [1.165, 1.54) is 0 Å². The van der Waals surface area contributed by atoms with Gasteiger partial charge in [-0.05, 0) is 50.6 Å². The number of nitrogens with zero attached hydrogens (tertiary/aromatic N) is 2. The Labute approximate surface area is 163 Å². The summed E-state index contributed by atoms with van der Waals surface area (Å²) < 4.78 is 2.11. The zero-order chi connectivity index (χ0) is 20.1. The Balaban J connectivity index is 1.67. The van der Waals surface area contributed by atoms with Gasteiger partial charge in [-0.2, -0.15) is 5.10 Å². The lowest BCUT2D eigenvalue weighted by atomic mass is 10.2. The molecule has 6 heteroatoms. The van der Waals surface area contributed by atoms with Gasteiger partial charge < -0.3 is 9.88 Å². The number of aryl methyl sites for hydroxylation is 2. The van der Waals surface area contributed by atoms with E-state index in [0.717, 1.165) is 28.2 Å². The molecule has 0 atom stereocenters. The standard InChI is InChI=1S/C22H22N4O2/c1-15-9-7-8-12-20(15)24-21(27)22(28)25-23-14-18-13-16(2)26(17(18)3)19-10-5-4-6-11-19/h4-14H,1-3H3,(H,24,27)(H,25,28)/b23-14-. The van der Waals surface area contributed by atoms with Crippen molar-refractivity contribution in [3.05, 3.63) is 83.2 Å². The lowest BCUT2D eigenvalue weighted by molar-refractivity contribution is -0.136. The highest BCUT2D eigenvalue weighted by Gasteiger charge is 2.14. The van der Waals surface area contributed by atoms with Gasteiger partial charge in [0.05, 0.1) is 6.21 Å². The van der Waals surface area contributed by atoms with Crippen molar-refractivity contribution < 1.29 is 9.59 Å². The van der Waals surface area contributed by atoms with Crippen LogP contribution in [0, 0.1) is 20.8 Å². The van der Waals surface area contributed by atoms with E-state index in [4.69, 9.17) is 0 Å². The van der Waals surface area contributed by atoms with Gasteiger partial charge in [0.15, 0.2) is 0 Å². The molecule has 0 unspecified atom stereocenters. The van der Waals surface area contributed by atoms with Gasteiger partial charge in [0.1, 0.15) is 0 Å². The molecule has 1 heterocycles. The summed E-state index contributed by atoms with van der Waals surface area (Å²) in [5.74, 6) is -1.59. The number of carbonyl (C=O) groups excluding carboxylic acids is 2. The number of para-hydroxylation sites is 2. The zero-order valence-corrected chi connectivity index (χ0v) is 16.1. The number of anilines is 1. The van der Waals surface area contributed by atoms with Gasteiger partial charge in [-0.25, -0.2) is 5.43 Å². The number of rotatable bonds is 4. The van der Waals surface area contributed by atoms with Crippen LogP contribution in [0.15, 0.2) is 65.8 Å². The maximum Gasteiger partial charge on any atom is 0.329 e. The smallest absolute Gasteiger partial charge is 0.318 e.